The second-order valence-electron chi connectivity index (χ2n) is 6.95. The van der Waals surface area contributed by atoms with E-state index < -0.39 is 0 Å². The van der Waals surface area contributed by atoms with Gasteiger partial charge in [-0.15, -0.1) is 10.2 Å². The topological polar surface area (TPSA) is 85.8 Å². The zero-order valence-corrected chi connectivity index (χ0v) is 13.9. The molecule has 2 aliphatic rings. The van der Waals surface area contributed by atoms with E-state index in [9.17, 15) is 4.79 Å². The number of fused-ring (bicyclic) bond motifs is 2. The van der Waals surface area contributed by atoms with Crippen LogP contribution in [-0.2, 0) is 11.3 Å². The van der Waals surface area contributed by atoms with Crippen LogP contribution in [0, 0.1) is 17.8 Å². The summed E-state index contributed by atoms with van der Waals surface area (Å²) in [5.74, 6) is 1.80. The molecule has 126 valence electrons. The van der Waals surface area contributed by atoms with Crippen molar-refractivity contribution in [1.29, 1.82) is 0 Å². The van der Waals surface area contributed by atoms with Crippen LogP contribution in [0.15, 0.2) is 30.6 Å². The zero-order chi connectivity index (χ0) is 16.7. The smallest absolute Gasteiger partial charge is 0.229 e. The Bertz CT molecular complexity index is 753. The van der Waals surface area contributed by atoms with Gasteiger partial charge in [-0.3, -0.25) is 4.79 Å². The lowest BCUT2D eigenvalue weighted by Crippen LogP contribution is -2.42. The van der Waals surface area contributed by atoms with Crippen molar-refractivity contribution in [3.05, 3.63) is 30.6 Å². The van der Waals surface area contributed by atoms with Crippen LogP contribution in [0.2, 0.25) is 0 Å². The predicted molar refractivity (Wildman–Crippen MR) is 92.1 cm³/mol. The van der Waals surface area contributed by atoms with Crippen molar-refractivity contribution in [2.24, 2.45) is 23.5 Å². The van der Waals surface area contributed by atoms with Gasteiger partial charge < -0.3 is 15.6 Å². The number of rotatable bonds is 4. The van der Waals surface area contributed by atoms with Gasteiger partial charge in [-0.2, -0.15) is 0 Å². The van der Waals surface area contributed by atoms with Gasteiger partial charge in [0.2, 0.25) is 5.91 Å². The monoisotopic (exact) mass is 325 g/mol. The highest BCUT2D eigenvalue weighted by Gasteiger charge is 2.49. The minimum absolute atomic E-state index is 0.00937. The minimum Gasteiger partial charge on any atom is -0.327 e. The third kappa shape index (κ3) is 2.51. The molecule has 1 amide bonds. The van der Waals surface area contributed by atoms with Crippen LogP contribution in [0.4, 0.5) is 5.69 Å². The van der Waals surface area contributed by atoms with E-state index in [0.29, 0.717) is 11.8 Å². The quantitative estimate of drug-likeness (QED) is 0.903. The van der Waals surface area contributed by atoms with Crippen LogP contribution in [0.5, 0.6) is 0 Å². The first-order valence-electron chi connectivity index (χ1n) is 8.72. The Hall–Kier alpha value is -2.21. The van der Waals surface area contributed by atoms with Gasteiger partial charge >= 0.3 is 0 Å². The van der Waals surface area contributed by atoms with Crippen LogP contribution in [0.1, 0.15) is 26.2 Å². The summed E-state index contributed by atoms with van der Waals surface area (Å²) >= 11 is 0. The molecule has 2 fully saturated rings. The van der Waals surface area contributed by atoms with Crippen molar-refractivity contribution >= 4 is 11.6 Å². The molecule has 2 aromatic rings. The van der Waals surface area contributed by atoms with E-state index >= 15 is 0 Å². The van der Waals surface area contributed by atoms with E-state index in [1.54, 1.807) is 6.33 Å². The van der Waals surface area contributed by atoms with Crippen LogP contribution >= 0.6 is 0 Å². The second-order valence-corrected chi connectivity index (χ2v) is 6.95. The molecule has 0 aliphatic heterocycles. The average Bonchev–Trinajstić information content (AvgIpc) is 3.30. The standard InChI is InChI=1S/C18H23N5O/c1-2-23-10-20-22-17(23)13-4-3-5-14(9-13)21-18(24)15-11-6-7-12(8-11)16(15)19/h3-5,9-12,15-16H,2,6-8,19H2,1H3,(H,21,24). The van der Waals surface area contributed by atoms with Gasteiger partial charge in [0.05, 0.1) is 5.92 Å². The molecule has 6 nitrogen and oxygen atoms in total. The molecule has 4 unspecified atom stereocenters. The lowest BCUT2D eigenvalue weighted by atomic mass is 9.84. The number of aromatic nitrogens is 3. The molecule has 4 atom stereocenters. The van der Waals surface area contributed by atoms with E-state index in [1.165, 1.54) is 6.42 Å². The molecule has 2 bridgehead atoms. The van der Waals surface area contributed by atoms with E-state index in [0.717, 1.165) is 36.5 Å². The lowest BCUT2D eigenvalue weighted by Gasteiger charge is -2.27. The van der Waals surface area contributed by atoms with E-state index in [2.05, 4.69) is 22.4 Å². The highest BCUT2D eigenvalue weighted by molar-refractivity contribution is 5.94. The maximum absolute atomic E-state index is 12.7. The van der Waals surface area contributed by atoms with Gasteiger partial charge in [0, 0.05) is 23.8 Å². The maximum atomic E-state index is 12.7. The van der Waals surface area contributed by atoms with Crippen LogP contribution in [-0.4, -0.2) is 26.7 Å². The number of carbonyl (C=O) groups excluding carboxylic acids is 1. The molecule has 1 heterocycles. The van der Waals surface area contributed by atoms with Gasteiger partial charge in [0.1, 0.15) is 6.33 Å². The van der Waals surface area contributed by atoms with Crippen LogP contribution < -0.4 is 11.1 Å². The summed E-state index contributed by atoms with van der Waals surface area (Å²) in [6, 6.07) is 7.78. The zero-order valence-electron chi connectivity index (χ0n) is 13.9. The van der Waals surface area contributed by atoms with Gasteiger partial charge in [-0.1, -0.05) is 12.1 Å². The van der Waals surface area contributed by atoms with Crippen LogP contribution in [0.3, 0.4) is 0 Å². The summed E-state index contributed by atoms with van der Waals surface area (Å²) in [6.45, 7) is 2.86. The summed E-state index contributed by atoms with van der Waals surface area (Å²) in [5, 5.41) is 11.2. The highest BCUT2D eigenvalue weighted by atomic mass is 16.2. The molecule has 6 heteroatoms. The molecular weight excluding hydrogens is 302 g/mol. The molecule has 1 aromatic heterocycles. The van der Waals surface area contributed by atoms with E-state index in [1.807, 2.05) is 28.8 Å². The third-order valence-electron chi connectivity index (χ3n) is 5.63. The molecule has 4 rings (SSSR count). The van der Waals surface area contributed by atoms with Crippen molar-refractivity contribution in [2.45, 2.75) is 38.8 Å². The molecule has 3 N–H and O–H groups in total. The van der Waals surface area contributed by atoms with E-state index in [-0.39, 0.29) is 17.9 Å². The normalized spacial score (nSPS) is 28.2. The Morgan fingerprint density at radius 1 is 1.38 bits per heavy atom. The van der Waals surface area contributed by atoms with Crippen molar-refractivity contribution < 1.29 is 4.79 Å². The van der Waals surface area contributed by atoms with E-state index in [4.69, 9.17) is 5.73 Å². The number of benzene rings is 1. The fourth-order valence-corrected chi connectivity index (χ4v) is 4.40. The summed E-state index contributed by atoms with van der Waals surface area (Å²) in [7, 11) is 0. The van der Waals surface area contributed by atoms with Gasteiger partial charge in [-0.25, -0.2) is 0 Å². The Kier molecular flexibility index (Phi) is 3.84. The summed E-state index contributed by atoms with van der Waals surface area (Å²) in [6.07, 6.45) is 5.14. The Labute approximate surface area is 141 Å². The number of amides is 1. The predicted octanol–water partition coefficient (Wildman–Crippen LogP) is 2.28. The number of aryl methyl sites for hydroxylation is 1. The third-order valence-corrected chi connectivity index (χ3v) is 5.63. The molecular formula is C18H23N5O. The summed E-state index contributed by atoms with van der Waals surface area (Å²) in [4.78, 5) is 12.7. The fourth-order valence-electron chi connectivity index (χ4n) is 4.40. The molecule has 24 heavy (non-hydrogen) atoms. The largest absolute Gasteiger partial charge is 0.327 e. The number of nitrogens with zero attached hydrogens (tertiary/aromatic N) is 3. The first kappa shape index (κ1) is 15.3. The first-order valence-corrected chi connectivity index (χ1v) is 8.72. The Morgan fingerprint density at radius 3 is 2.96 bits per heavy atom. The first-order chi connectivity index (χ1) is 11.7. The van der Waals surface area contributed by atoms with Gasteiger partial charge in [0.25, 0.3) is 0 Å². The molecule has 0 saturated heterocycles. The number of anilines is 1. The molecule has 1 aromatic carbocycles. The van der Waals surface area contributed by atoms with Gasteiger partial charge in [0.15, 0.2) is 5.82 Å². The molecule has 2 aliphatic carbocycles. The summed E-state index contributed by atoms with van der Waals surface area (Å²) in [5.41, 5.74) is 8.02. The number of nitrogens with two attached hydrogens (primary N) is 1. The molecule has 0 spiro atoms. The molecule has 0 radical (unpaired) electrons. The average molecular weight is 325 g/mol. The lowest BCUT2D eigenvalue weighted by molar-refractivity contribution is -0.121. The van der Waals surface area contributed by atoms with Crippen LogP contribution in [0.25, 0.3) is 11.4 Å². The minimum atomic E-state index is -0.0494. The maximum Gasteiger partial charge on any atom is 0.229 e. The Morgan fingerprint density at radius 2 is 2.21 bits per heavy atom. The number of hydrogen-bond acceptors (Lipinski definition) is 4. The fraction of sp³-hybridized carbons (Fsp3) is 0.500. The second kappa shape index (κ2) is 6.02. The van der Waals surface area contributed by atoms with Crippen molar-refractivity contribution in [3.63, 3.8) is 0 Å². The molecule has 2 saturated carbocycles. The van der Waals surface area contributed by atoms with Crippen molar-refractivity contribution in [2.75, 3.05) is 5.32 Å². The number of hydrogen-bond donors (Lipinski definition) is 2. The number of carbonyl (C=O) groups is 1. The number of nitrogens with one attached hydrogen (secondary N) is 1. The highest BCUT2D eigenvalue weighted by Crippen LogP contribution is 2.47. The van der Waals surface area contributed by atoms with Gasteiger partial charge in [-0.05, 0) is 50.2 Å². The van der Waals surface area contributed by atoms with Crippen molar-refractivity contribution in [1.82, 2.24) is 14.8 Å². The summed E-state index contributed by atoms with van der Waals surface area (Å²) < 4.78 is 1.98. The SMILES string of the molecule is CCn1cnnc1-c1cccc(NC(=O)C2C3CCC(C3)C2N)c1. The van der Waals surface area contributed by atoms with Crippen molar-refractivity contribution in [3.8, 4) is 11.4 Å². The Balaban J connectivity index is 1.53.